The van der Waals surface area contributed by atoms with Gasteiger partial charge >= 0.3 is 0 Å². The average molecular weight is 245 g/mol. The van der Waals surface area contributed by atoms with Crippen molar-refractivity contribution in [3.63, 3.8) is 0 Å². The Bertz CT molecular complexity index is 379. The van der Waals surface area contributed by atoms with Crippen LogP contribution in [-0.4, -0.2) is 5.91 Å². The molecule has 0 radical (unpaired) electrons. The molecule has 0 aliphatic heterocycles. The summed E-state index contributed by atoms with van der Waals surface area (Å²) in [6, 6.07) is 10.4. The quantitative estimate of drug-likeness (QED) is 0.861. The highest BCUT2D eigenvalue weighted by molar-refractivity contribution is 5.79. The van der Waals surface area contributed by atoms with Gasteiger partial charge in [-0.25, -0.2) is 0 Å². The maximum atomic E-state index is 12.2. The molecule has 2 heteroatoms. The number of nitrogens with one attached hydrogen (secondary N) is 1. The number of hydrogen-bond acceptors (Lipinski definition) is 1. The summed E-state index contributed by atoms with van der Waals surface area (Å²) >= 11 is 0. The van der Waals surface area contributed by atoms with E-state index in [0.717, 1.165) is 12.8 Å². The zero-order valence-electron chi connectivity index (χ0n) is 11.4. The molecule has 1 saturated carbocycles. The first-order valence-electron chi connectivity index (χ1n) is 7.04. The third-order valence-corrected chi connectivity index (χ3v) is 3.85. The number of rotatable bonds is 4. The zero-order valence-corrected chi connectivity index (χ0v) is 11.4. The monoisotopic (exact) mass is 245 g/mol. The minimum atomic E-state index is 0.138. The molecule has 1 aliphatic rings. The Labute approximate surface area is 110 Å². The van der Waals surface area contributed by atoms with Crippen LogP contribution >= 0.6 is 0 Å². The third kappa shape index (κ3) is 3.12. The summed E-state index contributed by atoms with van der Waals surface area (Å²) in [6.45, 7) is 4.32. The maximum Gasteiger partial charge on any atom is 0.223 e. The van der Waals surface area contributed by atoms with Gasteiger partial charge in [0.25, 0.3) is 0 Å². The molecule has 2 rings (SSSR count). The molecule has 1 aromatic carbocycles. The standard InChI is InChI=1S/C16H23NO/c1-12(2)15(13-8-4-3-5-9-13)17-16(18)14-10-6-7-11-14/h3-5,8-9,12,14-15H,6-7,10-11H2,1-2H3,(H,17,18). The van der Waals surface area contributed by atoms with Crippen LogP contribution in [0, 0.1) is 11.8 Å². The molecule has 0 aromatic heterocycles. The van der Waals surface area contributed by atoms with E-state index in [9.17, 15) is 4.79 Å². The van der Waals surface area contributed by atoms with Crippen LogP contribution in [0.3, 0.4) is 0 Å². The molecule has 2 nitrogen and oxygen atoms in total. The number of carbonyl (C=O) groups is 1. The molecule has 1 aromatic rings. The molecule has 18 heavy (non-hydrogen) atoms. The van der Waals surface area contributed by atoms with Gasteiger partial charge in [0.1, 0.15) is 0 Å². The van der Waals surface area contributed by atoms with Gasteiger partial charge in [-0.1, -0.05) is 57.0 Å². The van der Waals surface area contributed by atoms with E-state index in [1.54, 1.807) is 0 Å². The molecule has 0 saturated heterocycles. The lowest BCUT2D eigenvalue weighted by atomic mass is 9.95. The van der Waals surface area contributed by atoms with Gasteiger partial charge in [0.05, 0.1) is 6.04 Å². The molecule has 1 unspecified atom stereocenters. The molecule has 0 bridgehead atoms. The Morgan fingerprint density at radius 3 is 2.33 bits per heavy atom. The van der Waals surface area contributed by atoms with Gasteiger partial charge in [-0.3, -0.25) is 4.79 Å². The summed E-state index contributed by atoms with van der Waals surface area (Å²) in [6.07, 6.45) is 4.53. The molecule has 1 amide bonds. The highest BCUT2D eigenvalue weighted by Gasteiger charge is 2.26. The maximum absolute atomic E-state index is 12.2. The van der Waals surface area contributed by atoms with E-state index in [0.29, 0.717) is 5.92 Å². The van der Waals surface area contributed by atoms with E-state index in [1.807, 2.05) is 18.2 Å². The number of amides is 1. The van der Waals surface area contributed by atoms with Crippen LogP contribution in [0.2, 0.25) is 0 Å². The summed E-state index contributed by atoms with van der Waals surface area (Å²) in [5, 5.41) is 3.24. The zero-order chi connectivity index (χ0) is 13.0. The Morgan fingerprint density at radius 1 is 1.17 bits per heavy atom. The van der Waals surface area contributed by atoms with E-state index in [2.05, 4.69) is 31.3 Å². The lowest BCUT2D eigenvalue weighted by Crippen LogP contribution is -2.35. The Balaban J connectivity index is 2.05. The van der Waals surface area contributed by atoms with Gasteiger partial charge in [-0.05, 0) is 24.3 Å². The van der Waals surface area contributed by atoms with E-state index < -0.39 is 0 Å². The van der Waals surface area contributed by atoms with Crippen LogP contribution in [0.4, 0.5) is 0 Å². The van der Waals surface area contributed by atoms with Crippen LogP contribution in [0.5, 0.6) is 0 Å². The first-order valence-corrected chi connectivity index (χ1v) is 7.04. The van der Waals surface area contributed by atoms with Crippen LogP contribution in [-0.2, 0) is 4.79 Å². The van der Waals surface area contributed by atoms with Crippen molar-refractivity contribution in [2.75, 3.05) is 0 Å². The minimum absolute atomic E-state index is 0.138. The molecular formula is C16H23NO. The Hall–Kier alpha value is -1.31. The van der Waals surface area contributed by atoms with Gasteiger partial charge < -0.3 is 5.32 Å². The van der Waals surface area contributed by atoms with Crippen molar-refractivity contribution in [2.24, 2.45) is 11.8 Å². The van der Waals surface area contributed by atoms with Crippen molar-refractivity contribution in [1.82, 2.24) is 5.32 Å². The topological polar surface area (TPSA) is 29.1 Å². The van der Waals surface area contributed by atoms with E-state index in [-0.39, 0.29) is 17.9 Å². The normalized spacial score (nSPS) is 17.9. The van der Waals surface area contributed by atoms with Crippen LogP contribution < -0.4 is 5.32 Å². The molecule has 0 heterocycles. The highest BCUT2D eigenvalue weighted by Crippen LogP contribution is 2.27. The lowest BCUT2D eigenvalue weighted by Gasteiger charge is -2.24. The summed E-state index contributed by atoms with van der Waals surface area (Å²) in [7, 11) is 0. The van der Waals surface area contributed by atoms with Crippen molar-refractivity contribution in [1.29, 1.82) is 0 Å². The van der Waals surface area contributed by atoms with E-state index >= 15 is 0 Å². The fraction of sp³-hybridized carbons (Fsp3) is 0.562. The fourth-order valence-electron chi connectivity index (χ4n) is 2.75. The number of benzene rings is 1. The van der Waals surface area contributed by atoms with Gasteiger partial charge in [0.15, 0.2) is 0 Å². The van der Waals surface area contributed by atoms with Gasteiger partial charge in [0, 0.05) is 5.92 Å². The van der Waals surface area contributed by atoms with Crippen LogP contribution in [0.1, 0.15) is 51.1 Å². The third-order valence-electron chi connectivity index (χ3n) is 3.85. The predicted octanol–water partition coefficient (Wildman–Crippen LogP) is 3.69. The Morgan fingerprint density at radius 2 is 1.78 bits per heavy atom. The second-order valence-corrected chi connectivity index (χ2v) is 5.62. The van der Waals surface area contributed by atoms with Gasteiger partial charge in [0.2, 0.25) is 5.91 Å². The van der Waals surface area contributed by atoms with Gasteiger partial charge in [-0.2, -0.15) is 0 Å². The molecule has 1 atom stereocenters. The van der Waals surface area contributed by atoms with Gasteiger partial charge in [-0.15, -0.1) is 0 Å². The van der Waals surface area contributed by atoms with Crippen LogP contribution in [0.15, 0.2) is 30.3 Å². The SMILES string of the molecule is CC(C)C(NC(=O)C1CCCC1)c1ccccc1. The highest BCUT2D eigenvalue weighted by atomic mass is 16.1. The van der Waals surface area contributed by atoms with Crippen molar-refractivity contribution in [2.45, 2.75) is 45.6 Å². The number of hydrogen-bond donors (Lipinski definition) is 1. The molecule has 98 valence electrons. The van der Waals surface area contributed by atoms with Crippen molar-refractivity contribution < 1.29 is 4.79 Å². The Kier molecular flexibility index (Phi) is 4.40. The van der Waals surface area contributed by atoms with Crippen molar-refractivity contribution in [3.05, 3.63) is 35.9 Å². The molecule has 1 fully saturated rings. The summed E-state index contributed by atoms with van der Waals surface area (Å²) < 4.78 is 0. The van der Waals surface area contributed by atoms with E-state index in [1.165, 1.54) is 18.4 Å². The summed E-state index contributed by atoms with van der Waals surface area (Å²) in [4.78, 5) is 12.2. The first kappa shape index (κ1) is 13.1. The lowest BCUT2D eigenvalue weighted by molar-refractivity contribution is -0.125. The molecule has 0 spiro atoms. The summed E-state index contributed by atoms with van der Waals surface area (Å²) in [5.74, 6) is 0.905. The first-order chi connectivity index (χ1) is 8.68. The minimum Gasteiger partial charge on any atom is -0.349 e. The average Bonchev–Trinajstić information content (AvgIpc) is 2.90. The van der Waals surface area contributed by atoms with Crippen molar-refractivity contribution >= 4 is 5.91 Å². The molecular weight excluding hydrogens is 222 g/mol. The largest absolute Gasteiger partial charge is 0.349 e. The smallest absolute Gasteiger partial charge is 0.223 e. The fourth-order valence-corrected chi connectivity index (χ4v) is 2.75. The second kappa shape index (κ2) is 6.03. The molecule has 1 aliphatic carbocycles. The second-order valence-electron chi connectivity index (χ2n) is 5.62. The summed E-state index contributed by atoms with van der Waals surface area (Å²) in [5.41, 5.74) is 1.21. The number of carbonyl (C=O) groups excluding carboxylic acids is 1. The molecule has 1 N–H and O–H groups in total. The van der Waals surface area contributed by atoms with Crippen molar-refractivity contribution in [3.8, 4) is 0 Å². The predicted molar refractivity (Wildman–Crippen MR) is 74.1 cm³/mol. The van der Waals surface area contributed by atoms with E-state index in [4.69, 9.17) is 0 Å². The van der Waals surface area contributed by atoms with Crippen LogP contribution in [0.25, 0.3) is 0 Å².